The van der Waals surface area contributed by atoms with Crippen molar-refractivity contribution in [3.8, 4) is 5.75 Å². The number of phenolic OH excluding ortho intramolecular Hbond substituents is 1. The summed E-state index contributed by atoms with van der Waals surface area (Å²) < 4.78 is 0. The van der Waals surface area contributed by atoms with Gasteiger partial charge >= 0.3 is 0 Å². The second-order valence-electron chi connectivity index (χ2n) is 4.25. The fourth-order valence-corrected chi connectivity index (χ4v) is 2.23. The van der Waals surface area contributed by atoms with Crippen LogP contribution in [0.3, 0.4) is 0 Å². The molecule has 2 heteroatoms. The van der Waals surface area contributed by atoms with Crippen molar-refractivity contribution >= 4 is 5.78 Å². The second kappa shape index (κ2) is 4.47. The number of aromatic hydroxyl groups is 1. The Balaban J connectivity index is 2.09. The molecule has 0 amide bonds. The third-order valence-electron chi connectivity index (χ3n) is 3.13. The number of hydrogen-bond acceptors (Lipinski definition) is 2. The van der Waals surface area contributed by atoms with E-state index in [2.05, 4.69) is 0 Å². The van der Waals surface area contributed by atoms with Crippen LogP contribution >= 0.6 is 0 Å². The van der Waals surface area contributed by atoms with Crippen molar-refractivity contribution in [1.82, 2.24) is 0 Å². The van der Waals surface area contributed by atoms with Crippen molar-refractivity contribution < 1.29 is 9.90 Å². The minimum absolute atomic E-state index is 0.211. The first-order chi connectivity index (χ1) is 7.27. The minimum atomic E-state index is 0.211. The van der Waals surface area contributed by atoms with Crippen LogP contribution in [0.2, 0.25) is 0 Å². The molecule has 15 heavy (non-hydrogen) atoms. The molecule has 0 unspecified atom stereocenters. The zero-order chi connectivity index (χ0) is 10.7. The van der Waals surface area contributed by atoms with Crippen molar-refractivity contribution in [3.05, 3.63) is 29.8 Å². The van der Waals surface area contributed by atoms with Crippen LogP contribution in [0.5, 0.6) is 5.75 Å². The van der Waals surface area contributed by atoms with E-state index in [9.17, 15) is 4.79 Å². The Labute approximate surface area is 89.9 Å². The molecule has 1 aromatic rings. The summed E-state index contributed by atoms with van der Waals surface area (Å²) in [6.07, 6.45) is 5.67. The molecule has 1 N–H and O–H groups in total. The Morgan fingerprint density at radius 2 is 1.67 bits per heavy atom. The first-order valence-electron chi connectivity index (χ1n) is 5.60. The number of Topliss-reactive ketones (excluding diaryl/α,β-unsaturated/α-hetero) is 1. The van der Waals surface area contributed by atoms with Gasteiger partial charge in [-0.25, -0.2) is 0 Å². The standard InChI is InChI=1S/C13H16O2/c14-12-8-6-11(7-9-12)13(15)10-4-2-1-3-5-10/h6-10,14H,1-5H2. The maximum atomic E-state index is 12.0. The van der Waals surface area contributed by atoms with Crippen LogP contribution < -0.4 is 0 Å². The van der Waals surface area contributed by atoms with E-state index in [1.807, 2.05) is 0 Å². The van der Waals surface area contributed by atoms with Crippen LogP contribution in [0.4, 0.5) is 0 Å². The molecule has 80 valence electrons. The molecule has 1 aliphatic rings. The quantitative estimate of drug-likeness (QED) is 0.751. The maximum absolute atomic E-state index is 12.0. The van der Waals surface area contributed by atoms with Gasteiger partial charge in [0.1, 0.15) is 5.75 Å². The molecule has 0 aromatic heterocycles. The van der Waals surface area contributed by atoms with Gasteiger partial charge in [-0.3, -0.25) is 4.79 Å². The smallest absolute Gasteiger partial charge is 0.165 e. The molecule has 0 atom stereocenters. The topological polar surface area (TPSA) is 37.3 Å². The maximum Gasteiger partial charge on any atom is 0.165 e. The Hall–Kier alpha value is -1.31. The van der Waals surface area contributed by atoms with Gasteiger partial charge < -0.3 is 5.11 Å². The predicted molar refractivity (Wildman–Crippen MR) is 59.0 cm³/mol. The highest BCUT2D eigenvalue weighted by Gasteiger charge is 2.21. The fraction of sp³-hybridized carbons (Fsp3) is 0.462. The summed E-state index contributed by atoms with van der Waals surface area (Å²) in [5.41, 5.74) is 0.736. The van der Waals surface area contributed by atoms with Gasteiger partial charge in [-0.1, -0.05) is 19.3 Å². The highest BCUT2D eigenvalue weighted by Crippen LogP contribution is 2.27. The van der Waals surface area contributed by atoms with Crippen molar-refractivity contribution in [2.75, 3.05) is 0 Å². The normalized spacial score (nSPS) is 17.6. The van der Waals surface area contributed by atoms with Crippen molar-refractivity contribution in [2.24, 2.45) is 5.92 Å². The number of rotatable bonds is 2. The lowest BCUT2D eigenvalue weighted by atomic mass is 9.84. The van der Waals surface area contributed by atoms with Crippen molar-refractivity contribution in [2.45, 2.75) is 32.1 Å². The van der Waals surface area contributed by atoms with Crippen LogP contribution in [0.1, 0.15) is 42.5 Å². The molecular formula is C13H16O2. The number of phenols is 1. The van der Waals surface area contributed by atoms with E-state index >= 15 is 0 Å². The Kier molecular flexibility index (Phi) is 3.05. The average Bonchev–Trinajstić information content (AvgIpc) is 2.30. The Morgan fingerprint density at radius 1 is 1.07 bits per heavy atom. The SMILES string of the molecule is O=C(c1ccc(O)cc1)C1CCCCC1. The van der Waals surface area contributed by atoms with Crippen molar-refractivity contribution in [1.29, 1.82) is 0 Å². The van der Waals surface area contributed by atoms with Gasteiger partial charge in [0.25, 0.3) is 0 Å². The summed E-state index contributed by atoms with van der Waals surface area (Å²) in [7, 11) is 0. The van der Waals surface area contributed by atoms with Gasteiger partial charge in [0.15, 0.2) is 5.78 Å². The molecule has 2 nitrogen and oxygen atoms in total. The number of ketones is 1. The number of carbonyl (C=O) groups is 1. The third kappa shape index (κ3) is 2.38. The second-order valence-corrected chi connectivity index (χ2v) is 4.25. The zero-order valence-electron chi connectivity index (χ0n) is 8.78. The molecule has 0 bridgehead atoms. The summed E-state index contributed by atoms with van der Waals surface area (Å²) in [4.78, 5) is 12.0. The Morgan fingerprint density at radius 3 is 2.27 bits per heavy atom. The molecule has 1 aromatic carbocycles. The number of benzene rings is 1. The summed E-state index contributed by atoms with van der Waals surface area (Å²) >= 11 is 0. The highest BCUT2D eigenvalue weighted by atomic mass is 16.3. The van der Waals surface area contributed by atoms with E-state index in [1.54, 1.807) is 24.3 Å². The Bertz CT molecular complexity index is 334. The van der Waals surface area contributed by atoms with Gasteiger partial charge in [0.05, 0.1) is 0 Å². The van der Waals surface area contributed by atoms with E-state index in [0.717, 1.165) is 18.4 Å². The van der Waals surface area contributed by atoms with E-state index < -0.39 is 0 Å². The van der Waals surface area contributed by atoms with Crippen LogP contribution in [0.25, 0.3) is 0 Å². The molecule has 0 spiro atoms. The molecule has 1 fully saturated rings. The molecule has 0 aliphatic heterocycles. The highest BCUT2D eigenvalue weighted by molar-refractivity contribution is 5.97. The van der Waals surface area contributed by atoms with Crippen LogP contribution in [-0.4, -0.2) is 10.9 Å². The van der Waals surface area contributed by atoms with Crippen molar-refractivity contribution in [3.63, 3.8) is 0 Å². The van der Waals surface area contributed by atoms with Gasteiger partial charge in [0, 0.05) is 11.5 Å². The molecule has 1 aliphatic carbocycles. The summed E-state index contributed by atoms with van der Waals surface area (Å²) in [5, 5.41) is 9.14. The zero-order valence-corrected chi connectivity index (χ0v) is 8.78. The first-order valence-corrected chi connectivity index (χ1v) is 5.60. The number of carbonyl (C=O) groups excluding carboxylic acids is 1. The van der Waals surface area contributed by atoms with Gasteiger partial charge in [-0.05, 0) is 37.1 Å². The molecule has 0 saturated heterocycles. The lowest BCUT2D eigenvalue weighted by Gasteiger charge is -2.20. The van der Waals surface area contributed by atoms with E-state index in [0.29, 0.717) is 0 Å². The fourth-order valence-electron chi connectivity index (χ4n) is 2.23. The lowest BCUT2D eigenvalue weighted by Crippen LogP contribution is -2.17. The summed E-state index contributed by atoms with van der Waals surface area (Å²) in [6.45, 7) is 0. The van der Waals surface area contributed by atoms with Crippen LogP contribution in [-0.2, 0) is 0 Å². The largest absolute Gasteiger partial charge is 0.508 e. The monoisotopic (exact) mass is 204 g/mol. The van der Waals surface area contributed by atoms with Crippen LogP contribution in [0.15, 0.2) is 24.3 Å². The molecule has 1 saturated carbocycles. The van der Waals surface area contributed by atoms with Gasteiger partial charge in [-0.15, -0.1) is 0 Å². The lowest BCUT2D eigenvalue weighted by molar-refractivity contribution is 0.0889. The predicted octanol–water partition coefficient (Wildman–Crippen LogP) is 3.16. The van der Waals surface area contributed by atoms with Crippen LogP contribution in [0, 0.1) is 5.92 Å². The number of hydrogen-bond donors (Lipinski definition) is 1. The third-order valence-corrected chi connectivity index (χ3v) is 3.13. The summed E-state index contributed by atoms with van der Waals surface area (Å²) in [6, 6.07) is 6.59. The van der Waals surface area contributed by atoms with E-state index in [-0.39, 0.29) is 17.5 Å². The van der Waals surface area contributed by atoms with Gasteiger partial charge in [0.2, 0.25) is 0 Å². The molecular weight excluding hydrogens is 188 g/mol. The average molecular weight is 204 g/mol. The van der Waals surface area contributed by atoms with E-state index in [4.69, 9.17) is 5.11 Å². The molecule has 0 heterocycles. The van der Waals surface area contributed by atoms with Gasteiger partial charge in [-0.2, -0.15) is 0 Å². The molecule has 2 rings (SSSR count). The summed E-state index contributed by atoms with van der Waals surface area (Å²) in [5.74, 6) is 0.674. The van der Waals surface area contributed by atoms with E-state index in [1.165, 1.54) is 19.3 Å². The first kappa shape index (κ1) is 10.2. The minimum Gasteiger partial charge on any atom is -0.508 e. The molecule has 0 radical (unpaired) electrons.